The lowest BCUT2D eigenvalue weighted by Gasteiger charge is -2.00. The van der Waals surface area contributed by atoms with Gasteiger partial charge in [0.25, 0.3) is 0 Å². The molecule has 0 N–H and O–H groups in total. The Kier molecular flexibility index (Phi) is 3.74. The van der Waals surface area contributed by atoms with Gasteiger partial charge in [-0.1, -0.05) is 17.7 Å². The molecule has 18 heavy (non-hydrogen) atoms. The monoisotopic (exact) mass is 284 g/mol. The zero-order valence-corrected chi connectivity index (χ0v) is 11.6. The van der Waals surface area contributed by atoms with E-state index in [-0.39, 0.29) is 15.8 Å². The second-order valence-corrected chi connectivity index (χ2v) is 6.60. The molecule has 0 aliphatic rings. The van der Waals surface area contributed by atoms with Gasteiger partial charge < -0.3 is 4.74 Å². The fraction of sp³-hybridized carbons (Fsp3) is 0.273. The smallest absolute Gasteiger partial charge is 0.235 e. The SMILES string of the molecule is COCc1nsc(S(=O)(=O)c2ccc(C)cc2)n1. The van der Waals surface area contributed by atoms with Crippen molar-refractivity contribution in [2.45, 2.75) is 22.8 Å². The predicted molar refractivity (Wildman–Crippen MR) is 67.3 cm³/mol. The summed E-state index contributed by atoms with van der Waals surface area (Å²) >= 11 is 0.866. The molecule has 2 aromatic rings. The zero-order chi connectivity index (χ0) is 13.2. The van der Waals surface area contributed by atoms with E-state index in [9.17, 15) is 8.42 Å². The van der Waals surface area contributed by atoms with Crippen LogP contribution in [0.1, 0.15) is 11.4 Å². The van der Waals surface area contributed by atoms with Crippen LogP contribution >= 0.6 is 11.5 Å². The van der Waals surface area contributed by atoms with Gasteiger partial charge in [-0.3, -0.25) is 0 Å². The molecule has 7 heteroatoms. The Morgan fingerprint density at radius 1 is 1.28 bits per heavy atom. The maximum atomic E-state index is 12.2. The lowest BCUT2D eigenvalue weighted by atomic mass is 10.2. The van der Waals surface area contributed by atoms with Crippen LogP contribution in [0.25, 0.3) is 0 Å². The predicted octanol–water partition coefficient (Wildman–Crippen LogP) is 1.83. The first-order chi connectivity index (χ1) is 8.54. The number of methoxy groups -OCH3 is 1. The summed E-state index contributed by atoms with van der Waals surface area (Å²) in [5.41, 5.74) is 1.01. The first-order valence-electron chi connectivity index (χ1n) is 5.17. The van der Waals surface area contributed by atoms with E-state index >= 15 is 0 Å². The number of hydrogen-bond acceptors (Lipinski definition) is 6. The van der Waals surface area contributed by atoms with Crippen LogP contribution in [0.5, 0.6) is 0 Å². The van der Waals surface area contributed by atoms with Gasteiger partial charge in [0.1, 0.15) is 6.61 Å². The topological polar surface area (TPSA) is 69.2 Å². The van der Waals surface area contributed by atoms with Gasteiger partial charge in [-0.15, -0.1) is 0 Å². The minimum Gasteiger partial charge on any atom is -0.377 e. The Bertz CT molecular complexity index is 633. The van der Waals surface area contributed by atoms with Crippen molar-refractivity contribution in [2.75, 3.05) is 7.11 Å². The highest BCUT2D eigenvalue weighted by Gasteiger charge is 2.22. The molecule has 0 aliphatic carbocycles. The number of hydrogen-bond donors (Lipinski definition) is 0. The Morgan fingerprint density at radius 3 is 2.56 bits per heavy atom. The quantitative estimate of drug-likeness (QED) is 0.856. The molecule has 0 bridgehead atoms. The van der Waals surface area contributed by atoms with Crippen molar-refractivity contribution in [2.24, 2.45) is 0 Å². The van der Waals surface area contributed by atoms with Crippen molar-refractivity contribution in [1.29, 1.82) is 0 Å². The standard InChI is InChI=1S/C11H12N2O3S2/c1-8-3-5-9(6-4-8)18(14,15)11-12-10(7-16-2)13-17-11/h3-6H,7H2,1-2H3. The largest absolute Gasteiger partial charge is 0.377 e. The molecular formula is C11H12N2O3S2. The zero-order valence-electron chi connectivity index (χ0n) is 9.95. The number of rotatable bonds is 4. The molecule has 0 spiro atoms. The third-order valence-electron chi connectivity index (χ3n) is 2.28. The van der Waals surface area contributed by atoms with Gasteiger partial charge in [0.15, 0.2) is 5.82 Å². The molecule has 5 nitrogen and oxygen atoms in total. The van der Waals surface area contributed by atoms with Crippen molar-refractivity contribution < 1.29 is 13.2 Å². The minimum atomic E-state index is -3.56. The molecule has 96 valence electrons. The molecule has 1 aromatic carbocycles. The van der Waals surface area contributed by atoms with E-state index in [1.807, 2.05) is 6.92 Å². The van der Waals surface area contributed by atoms with Crippen molar-refractivity contribution in [3.63, 3.8) is 0 Å². The Morgan fingerprint density at radius 2 is 1.94 bits per heavy atom. The van der Waals surface area contributed by atoms with Crippen molar-refractivity contribution >= 4 is 21.4 Å². The highest BCUT2D eigenvalue weighted by molar-refractivity contribution is 7.93. The molecular weight excluding hydrogens is 272 g/mol. The fourth-order valence-electron chi connectivity index (χ4n) is 1.35. The van der Waals surface area contributed by atoms with E-state index in [0.717, 1.165) is 17.1 Å². The number of aromatic nitrogens is 2. The van der Waals surface area contributed by atoms with Gasteiger partial charge in [-0.2, -0.15) is 4.37 Å². The second-order valence-electron chi connectivity index (χ2n) is 3.73. The molecule has 0 fully saturated rings. The average Bonchev–Trinajstić information content (AvgIpc) is 2.79. The Hall–Kier alpha value is -1.31. The molecule has 0 saturated carbocycles. The second kappa shape index (κ2) is 5.13. The lowest BCUT2D eigenvalue weighted by Crippen LogP contribution is -2.02. The lowest BCUT2D eigenvalue weighted by molar-refractivity contribution is 0.178. The summed E-state index contributed by atoms with van der Waals surface area (Å²) in [4.78, 5) is 4.19. The van der Waals surface area contributed by atoms with Gasteiger partial charge in [0.2, 0.25) is 14.2 Å². The van der Waals surface area contributed by atoms with E-state index in [0.29, 0.717) is 5.82 Å². The van der Waals surface area contributed by atoms with Crippen LogP contribution in [0.4, 0.5) is 0 Å². The highest BCUT2D eigenvalue weighted by Crippen LogP contribution is 2.22. The molecule has 2 rings (SSSR count). The summed E-state index contributed by atoms with van der Waals surface area (Å²) < 4.78 is 33.3. The third kappa shape index (κ3) is 2.58. The highest BCUT2D eigenvalue weighted by atomic mass is 32.2. The van der Waals surface area contributed by atoms with Gasteiger partial charge >= 0.3 is 0 Å². The number of benzene rings is 1. The number of nitrogens with zero attached hydrogens (tertiary/aromatic N) is 2. The van der Waals surface area contributed by atoms with E-state index in [2.05, 4.69) is 9.36 Å². The van der Waals surface area contributed by atoms with Crippen molar-refractivity contribution in [1.82, 2.24) is 9.36 Å². The normalized spacial score (nSPS) is 11.7. The van der Waals surface area contributed by atoms with Crippen LogP contribution in [0.2, 0.25) is 0 Å². The summed E-state index contributed by atoms with van der Waals surface area (Å²) in [5.74, 6) is 0.383. The molecule has 1 aromatic heterocycles. The number of sulfone groups is 1. The van der Waals surface area contributed by atoms with E-state index in [1.165, 1.54) is 7.11 Å². The van der Waals surface area contributed by atoms with Crippen LogP contribution in [0.15, 0.2) is 33.5 Å². The Labute approximate surface area is 110 Å². The maximum absolute atomic E-state index is 12.2. The van der Waals surface area contributed by atoms with E-state index in [1.54, 1.807) is 24.3 Å². The van der Waals surface area contributed by atoms with Crippen molar-refractivity contribution in [3.8, 4) is 0 Å². The van der Waals surface area contributed by atoms with Crippen molar-refractivity contribution in [3.05, 3.63) is 35.7 Å². The molecule has 0 amide bonds. The van der Waals surface area contributed by atoms with Crippen LogP contribution in [-0.4, -0.2) is 24.9 Å². The van der Waals surface area contributed by atoms with E-state index in [4.69, 9.17) is 4.74 Å². The minimum absolute atomic E-state index is 0.00148. The third-order valence-corrected chi connectivity index (χ3v) is 5.16. The first kappa shape index (κ1) is 13.1. The molecule has 0 saturated heterocycles. The van der Waals surface area contributed by atoms with Gasteiger partial charge in [-0.05, 0) is 30.6 Å². The first-order valence-corrected chi connectivity index (χ1v) is 7.43. The fourth-order valence-corrected chi connectivity index (χ4v) is 3.49. The summed E-state index contributed by atoms with van der Waals surface area (Å²) in [7, 11) is -2.05. The van der Waals surface area contributed by atoms with Gasteiger partial charge in [0.05, 0.1) is 4.90 Å². The molecule has 0 unspecified atom stereocenters. The van der Waals surface area contributed by atoms with Crippen LogP contribution in [-0.2, 0) is 21.2 Å². The van der Waals surface area contributed by atoms with Crippen LogP contribution in [0, 0.1) is 6.92 Å². The molecule has 1 heterocycles. The summed E-state index contributed by atoms with van der Waals surface area (Å²) in [5, 5.41) is 0. The summed E-state index contributed by atoms with van der Waals surface area (Å²) in [6.45, 7) is 2.11. The Balaban J connectivity index is 2.38. The van der Waals surface area contributed by atoms with Crippen LogP contribution < -0.4 is 0 Å². The summed E-state index contributed by atoms with van der Waals surface area (Å²) in [6, 6.07) is 6.65. The van der Waals surface area contributed by atoms with E-state index < -0.39 is 9.84 Å². The van der Waals surface area contributed by atoms with Gasteiger partial charge in [0, 0.05) is 7.11 Å². The van der Waals surface area contributed by atoms with Crippen LogP contribution in [0.3, 0.4) is 0 Å². The molecule has 0 atom stereocenters. The molecule has 0 radical (unpaired) electrons. The van der Waals surface area contributed by atoms with Gasteiger partial charge in [-0.25, -0.2) is 13.4 Å². The number of aryl methyl sites for hydroxylation is 1. The molecule has 0 aliphatic heterocycles. The number of ether oxygens (including phenoxy) is 1. The summed E-state index contributed by atoms with van der Waals surface area (Å²) in [6.07, 6.45) is 0. The maximum Gasteiger partial charge on any atom is 0.235 e. The average molecular weight is 284 g/mol.